The van der Waals surface area contributed by atoms with E-state index in [4.69, 9.17) is 0 Å². The van der Waals surface area contributed by atoms with Gasteiger partial charge in [0.2, 0.25) is 5.91 Å². The number of fused-ring (bicyclic) bond motifs is 2. The maximum absolute atomic E-state index is 12.2. The first-order valence-electron chi connectivity index (χ1n) is 6.99. The molecule has 0 spiro atoms. The van der Waals surface area contributed by atoms with Gasteiger partial charge in [-0.3, -0.25) is 9.59 Å². The molecule has 0 saturated carbocycles. The Morgan fingerprint density at radius 1 is 1.22 bits per heavy atom. The summed E-state index contributed by atoms with van der Waals surface area (Å²) in [5, 5.41) is 2.76. The predicted octanol–water partition coefficient (Wildman–Crippen LogP) is 1.21. The molecule has 2 N–H and O–H groups in total. The molecule has 0 bridgehead atoms. The number of H-pyrrole nitrogens is 1. The highest BCUT2D eigenvalue weighted by molar-refractivity contribution is 6.21. The van der Waals surface area contributed by atoms with Crippen molar-refractivity contribution in [2.45, 2.75) is 19.3 Å². The zero-order chi connectivity index (χ0) is 16.2. The molecule has 1 aliphatic heterocycles. The van der Waals surface area contributed by atoms with E-state index in [-0.39, 0.29) is 11.7 Å². The minimum Gasteiger partial charge on any atom is -0.335 e. The van der Waals surface area contributed by atoms with Crippen molar-refractivity contribution in [2.75, 3.05) is 5.32 Å². The fraction of sp³-hybridized carbons (Fsp3) is 0.200. The fourth-order valence-electron chi connectivity index (χ4n) is 2.76. The summed E-state index contributed by atoms with van der Waals surface area (Å²) >= 11 is 0. The summed E-state index contributed by atoms with van der Waals surface area (Å²) in [6.45, 7) is 3.04. The van der Waals surface area contributed by atoms with Crippen LogP contribution in [0.2, 0.25) is 0 Å². The van der Waals surface area contributed by atoms with Gasteiger partial charge in [-0.25, -0.2) is 19.9 Å². The molecule has 3 heterocycles. The number of nitrogens with zero attached hydrogens (tertiary/aromatic N) is 4. The molecular weight excluding hydrogens is 296 g/mol. The number of hydrogen-bond acceptors (Lipinski definition) is 6. The maximum Gasteiger partial charge on any atom is 0.242 e. The average molecular weight is 308 g/mol. The third-order valence-electron chi connectivity index (χ3n) is 4.27. The van der Waals surface area contributed by atoms with Crippen molar-refractivity contribution >= 4 is 28.4 Å². The Hall–Kier alpha value is -3.16. The lowest BCUT2D eigenvalue weighted by Crippen LogP contribution is -2.37. The molecule has 3 aromatic rings. The number of nitrogens with one attached hydrogen (secondary N) is 2. The molecule has 8 heteroatoms. The van der Waals surface area contributed by atoms with Crippen molar-refractivity contribution in [1.29, 1.82) is 0 Å². The number of aromatic amines is 1. The van der Waals surface area contributed by atoms with Gasteiger partial charge in [-0.2, -0.15) is 0 Å². The first-order chi connectivity index (χ1) is 11.0. The van der Waals surface area contributed by atoms with Crippen molar-refractivity contribution < 1.29 is 9.59 Å². The van der Waals surface area contributed by atoms with Crippen molar-refractivity contribution in [3.8, 4) is 11.6 Å². The molecule has 114 valence electrons. The standard InChI is InChI=1S/C15H12N6O2/c1-7(22)15(2)8-3-10-11(4-9(8)21-14(15)23)20-13(19-10)12-17-5-16-6-18-12/h3-6H,1-2H3,(H,19,20)(H,21,23). The maximum atomic E-state index is 12.2. The number of aromatic nitrogens is 5. The Kier molecular flexibility index (Phi) is 2.59. The third kappa shape index (κ3) is 1.78. The Balaban J connectivity index is 1.91. The smallest absolute Gasteiger partial charge is 0.242 e. The number of ketones is 1. The fourth-order valence-corrected chi connectivity index (χ4v) is 2.76. The number of imidazole rings is 1. The van der Waals surface area contributed by atoms with E-state index < -0.39 is 5.41 Å². The molecule has 0 aliphatic carbocycles. The van der Waals surface area contributed by atoms with Crippen LogP contribution in [0.25, 0.3) is 22.7 Å². The summed E-state index contributed by atoms with van der Waals surface area (Å²) in [5.41, 5.74) is 1.44. The predicted molar refractivity (Wildman–Crippen MR) is 81.6 cm³/mol. The summed E-state index contributed by atoms with van der Waals surface area (Å²) in [7, 11) is 0. The summed E-state index contributed by atoms with van der Waals surface area (Å²) in [6, 6.07) is 3.53. The molecule has 0 saturated heterocycles. The molecule has 23 heavy (non-hydrogen) atoms. The normalized spacial score (nSPS) is 19.7. The van der Waals surface area contributed by atoms with E-state index in [1.165, 1.54) is 19.6 Å². The van der Waals surface area contributed by atoms with E-state index in [2.05, 4.69) is 30.2 Å². The number of hydrogen-bond donors (Lipinski definition) is 2. The molecule has 8 nitrogen and oxygen atoms in total. The molecule has 1 aliphatic rings. The minimum atomic E-state index is -1.18. The van der Waals surface area contributed by atoms with Gasteiger partial charge in [0.25, 0.3) is 0 Å². The average Bonchev–Trinajstić information content (AvgIpc) is 3.06. The van der Waals surface area contributed by atoms with E-state index in [1.54, 1.807) is 19.1 Å². The number of anilines is 1. The van der Waals surface area contributed by atoms with Crippen LogP contribution < -0.4 is 5.32 Å². The lowest BCUT2D eigenvalue weighted by Gasteiger charge is -2.17. The van der Waals surface area contributed by atoms with E-state index in [0.717, 1.165) is 5.52 Å². The Morgan fingerprint density at radius 2 is 1.96 bits per heavy atom. The van der Waals surface area contributed by atoms with Gasteiger partial charge in [0.05, 0.1) is 11.0 Å². The number of Topliss-reactive ketones (excluding diaryl/α,β-unsaturated/α-hetero) is 1. The molecule has 1 atom stereocenters. The number of rotatable bonds is 2. The minimum absolute atomic E-state index is 0.207. The molecule has 0 radical (unpaired) electrons. The SMILES string of the molecule is CC(=O)C1(C)C(=O)Nc2cc3[nH]c(-c4ncncn4)nc3cc21. The number of benzene rings is 1. The number of carbonyl (C=O) groups excluding carboxylic acids is 2. The first kappa shape index (κ1) is 13.5. The summed E-state index contributed by atoms with van der Waals surface area (Å²) < 4.78 is 0. The van der Waals surface area contributed by atoms with E-state index in [0.29, 0.717) is 28.4 Å². The van der Waals surface area contributed by atoms with Crippen LogP contribution in [-0.4, -0.2) is 36.6 Å². The van der Waals surface area contributed by atoms with Crippen LogP contribution in [-0.2, 0) is 15.0 Å². The highest BCUT2D eigenvalue weighted by atomic mass is 16.2. The van der Waals surface area contributed by atoms with Gasteiger partial charge < -0.3 is 10.3 Å². The van der Waals surface area contributed by atoms with Crippen molar-refractivity contribution in [3.63, 3.8) is 0 Å². The van der Waals surface area contributed by atoms with Gasteiger partial charge in [-0.05, 0) is 26.0 Å². The Morgan fingerprint density at radius 3 is 2.65 bits per heavy atom. The van der Waals surface area contributed by atoms with E-state index in [1.807, 2.05) is 0 Å². The second-order valence-corrected chi connectivity index (χ2v) is 5.60. The van der Waals surface area contributed by atoms with Gasteiger partial charge in [-0.15, -0.1) is 0 Å². The summed E-state index contributed by atoms with van der Waals surface area (Å²) in [5.74, 6) is 0.406. The number of carbonyl (C=O) groups is 2. The molecule has 1 aromatic carbocycles. The van der Waals surface area contributed by atoms with Crippen molar-refractivity contribution in [2.24, 2.45) is 0 Å². The second kappa shape index (κ2) is 4.42. The van der Waals surface area contributed by atoms with Crippen LogP contribution in [0.1, 0.15) is 19.4 Å². The van der Waals surface area contributed by atoms with Crippen molar-refractivity contribution in [1.82, 2.24) is 24.9 Å². The number of amides is 1. The van der Waals surface area contributed by atoms with Crippen molar-refractivity contribution in [3.05, 3.63) is 30.4 Å². The zero-order valence-electron chi connectivity index (χ0n) is 12.4. The second-order valence-electron chi connectivity index (χ2n) is 5.60. The quantitative estimate of drug-likeness (QED) is 0.688. The molecule has 4 rings (SSSR count). The Labute approximate surface area is 130 Å². The lowest BCUT2D eigenvalue weighted by molar-refractivity contribution is -0.130. The molecular formula is C15H12N6O2. The molecule has 0 fully saturated rings. The molecule has 1 amide bonds. The van der Waals surface area contributed by atoms with Gasteiger partial charge in [0.15, 0.2) is 11.6 Å². The van der Waals surface area contributed by atoms with Crippen LogP contribution in [0.4, 0.5) is 5.69 Å². The Bertz CT molecular complexity index is 965. The van der Waals surface area contributed by atoms with Gasteiger partial charge >= 0.3 is 0 Å². The van der Waals surface area contributed by atoms with Crippen LogP contribution in [0.5, 0.6) is 0 Å². The highest BCUT2D eigenvalue weighted by Gasteiger charge is 2.47. The lowest BCUT2D eigenvalue weighted by atomic mass is 9.80. The van der Waals surface area contributed by atoms with E-state index in [9.17, 15) is 9.59 Å². The highest BCUT2D eigenvalue weighted by Crippen LogP contribution is 2.40. The molecule has 1 unspecified atom stereocenters. The summed E-state index contributed by atoms with van der Waals surface area (Å²) in [4.78, 5) is 43.6. The monoisotopic (exact) mass is 308 g/mol. The largest absolute Gasteiger partial charge is 0.335 e. The van der Waals surface area contributed by atoms with Crippen LogP contribution >= 0.6 is 0 Å². The summed E-state index contributed by atoms with van der Waals surface area (Å²) in [6.07, 6.45) is 2.78. The topological polar surface area (TPSA) is 114 Å². The molecule has 2 aromatic heterocycles. The van der Waals surface area contributed by atoms with Gasteiger partial charge in [0.1, 0.15) is 23.9 Å². The van der Waals surface area contributed by atoms with Crippen LogP contribution in [0.15, 0.2) is 24.8 Å². The van der Waals surface area contributed by atoms with Gasteiger partial charge in [-0.1, -0.05) is 0 Å². The first-order valence-corrected chi connectivity index (χ1v) is 6.99. The van der Waals surface area contributed by atoms with Gasteiger partial charge in [0, 0.05) is 11.3 Å². The zero-order valence-corrected chi connectivity index (χ0v) is 12.4. The van der Waals surface area contributed by atoms with E-state index >= 15 is 0 Å². The third-order valence-corrected chi connectivity index (χ3v) is 4.27. The van der Waals surface area contributed by atoms with Crippen LogP contribution in [0, 0.1) is 0 Å². The van der Waals surface area contributed by atoms with Crippen LogP contribution in [0.3, 0.4) is 0 Å².